The smallest absolute Gasteiger partial charge is 0.174 e. The van der Waals surface area contributed by atoms with Gasteiger partial charge < -0.3 is 20.3 Å². The van der Waals surface area contributed by atoms with Crippen LogP contribution < -0.4 is 10.6 Å². The molecule has 3 aromatic carbocycles. The van der Waals surface area contributed by atoms with Crippen molar-refractivity contribution >= 4 is 33.7 Å². The highest BCUT2D eigenvalue weighted by Crippen LogP contribution is 2.28. The number of nitrogens with zero attached hydrogens (tertiary/aromatic N) is 1. The maximum Gasteiger partial charge on any atom is 0.174 e. The largest absolute Gasteiger partial charge is 0.391 e. The molecular weight excluding hydrogens is 577 g/mol. The first kappa shape index (κ1) is 31.7. The van der Waals surface area contributed by atoms with Crippen molar-refractivity contribution in [2.24, 2.45) is 5.92 Å². The number of rotatable bonds is 8. The second-order valence-corrected chi connectivity index (χ2v) is 14.0. The van der Waals surface area contributed by atoms with E-state index in [1.54, 1.807) is 18.2 Å². The van der Waals surface area contributed by atoms with E-state index in [0.29, 0.717) is 24.5 Å². The number of aliphatic hydroxyl groups excluding tert-OH is 1. The summed E-state index contributed by atoms with van der Waals surface area (Å²) in [5.41, 5.74) is 4.71. The summed E-state index contributed by atoms with van der Waals surface area (Å²) in [4.78, 5) is 0. The molecule has 4 aromatic rings. The van der Waals surface area contributed by atoms with Crippen molar-refractivity contribution in [1.29, 1.82) is 0 Å². The second-order valence-electron chi connectivity index (χ2n) is 11.9. The van der Waals surface area contributed by atoms with Crippen molar-refractivity contribution in [3.05, 3.63) is 101 Å². The first-order valence-electron chi connectivity index (χ1n) is 13.8. The molecule has 10 heteroatoms. The van der Waals surface area contributed by atoms with Crippen LogP contribution in [0, 0.1) is 11.7 Å². The van der Waals surface area contributed by atoms with Gasteiger partial charge in [0.15, 0.2) is 21.4 Å². The van der Waals surface area contributed by atoms with Gasteiger partial charge in [-0.2, -0.15) is 0 Å². The molecule has 1 saturated heterocycles. The lowest BCUT2D eigenvalue weighted by atomic mass is 9.86. The van der Waals surface area contributed by atoms with Gasteiger partial charge in [0.1, 0.15) is 5.82 Å². The molecule has 0 amide bonds. The fourth-order valence-corrected chi connectivity index (χ4v) is 7.17. The van der Waals surface area contributed by atoms with Crippen LogP contribution in [0.15, 0.2) is 83.4 Å². The maximum absolute atomic E-state index is 13.2. The Kier molecular flexibility index (Phi) is 9.77. The SMILES string of the molecule is CC(C)(C)c1cccc(CN[C@H]2CS(=O)(=O)C[C@@H](Cc3ccc(Nc4cc(-c5ccc(F)cc5)on4)cc3)[C@@H]2O)c1.Cl. The molecule has 0 spiro atoms. The molecule has 2 heterocycles. The Morgan fingerprint density at radius 1 is 0.976 bits per heavy atom. The van der Waals surface area contributed by atoms with Crippen LogP contribution in [0.1, 0.15) is 37.5 Å². The monoisotopic (exact) mass is 613 g/mol. The minimum atomic E-state index is -3.32. The first-order chi connectivity index (χ1) is 19.4. The molecule has 1 fully saturated rings. The van der Waals surface area contributed by atoms with E-state index < -0.39 is 27.9 Å². The predicted molar refractivity (Wildman–Crippen MR) is 166 cm³/mol. The Labute approximate surface area is 252 Å². The highest BCUT2D eigenvalue weighted by atomic mass is 35.5. The quantitative estimate of drug-likeness (QED) is 0.222. The third-order valence-electron chi connectivity index (χ3n) is 7.52. The summed E-state index contributed by atoms with van der Waals surface area (Å²) in [5.74, 6) is 0.161. The summed E-state index contributed by atoms with van der Waals surface area (Å²) < 4.78 is 44.1. The molecule has 3 N–H and O–H groups in total. The summed E-state index contributed by atoms with van der Waals surface area (Å²) in [5, 5.41) is 21.7. The molecule has 224 valence electrons. The fourth-order valence-electron chi connectivity index (χ4n) is 5.21. The molecule has 0 saturated carbocycles. The van der Waals surface area contributed by atoms with Crippen LogP contribution >= 0.6 is 12.4 Å². The minimum absolute atomic E-state index is 0. The first-order valence-corrected chi connectivity index (χ1v) is 15.6. The zero-order chi connectivity index (χ0) is 29.2. The average molecular weight is 614 g/mol. The summed E-state index contributed by atoms with van der Waals surface area (Å²) >= 11 is 0. The van der Waals surface area contributed by atoms with Gasteiger partial charge in [0.2, 0.25) is 0 Å². The Hall–Kier alpha value is -3.24. The molecule has 7 nitrogen and oxygen atoms in total. The normalized spacial score (nSPS) is 20.1. The lowest BCUT2D eigenvalue weighted by molar-refractivity contribution is 0.0781. The van der Waals surface area contributed by atoms with Gasteiger partial charge in [-0.1, -0.05) is 62.3 Å². The topological polar surface area (TPSA) is 104 Å². The molecule has 0 unspecified atom stereocenters. The molecule has 0 bridgehead atoms. The van der Waals surface area contributed by atoms with Gasteiger partial charge in [-0.25, -0.2) is 12.8 Å². The van der Waals surface area contributed by atoms with Crippen LogP contribution in [0.4, 0.5) is 15.9 Å². The number of anilines is 2. The van der Waals surface area contributed by atoms with Gasteiger partial charge >= 0.3 is 0 Å². The lowest BCUT2D eigenvalue weighted by Crippen LogP contribution is -2.54. The minimum Gasteiger partial charge on any atom is -0.391 e. The second kappa shape index (κ2) is 13.0. The standard InChI is InChI=1S/C32H36FN3O4S.ClH/c1-32(2,3)25-6-4-5-22(16-25)18-34-28-20-41(38,39)19-24(31(28)37)15-21-7-13-27(14-8-21)35-30-17-29(40-36-30)23-9-11-26(33)12-10-23;/h4-14,16-17,24,28,31,34,37H,15,18-20H2,1-3H3,(H,35,36);1H/t24-,28+,31+;/m1./s1. The zero-order valence-electron chi connectivity index (χ0n) is 23.9. The van der Waals surface area contributed by atoms with E-state index in [-0.39, 0.29) is 35.1 Å². The predicted octanol–water partition coefficient (Wildman–Crippen LogP) is 6.05. The van der Waals surface area contributed by atoms with Crippen molar-refractivity contribution in [2.45, 2.75) is 51.3 Å². The molecular formula is C32H37ClFN3O4S. The van der Waals surface area contributed by atoms with Gasteiger partial charge in [0.25, 0.3) is 0 Å². The highest BCUT2D eigenvalue weighted by molar-refractivity contribution is 7.91. The number of nitrogens with one attached hydrogen (secondary N) is 2. The van der Waals surface area contributed by atoms with E-state index in [1.165, 1.54) is 17.7 Å². The summed E-state index contributed by atoms with van der Waals surface area (Å²) in [7, 11) is -3.32. The molecule has 3 atom stereocenters. The number of aromatic nitrogens is 1. The Morgan fingerprint density at radius 2 is 1.69 bits per heavy atom. The number of hydrogen-bond donors (Lipinski definition) is 3. The lowest BCUT2D eigenvalue weighted by Gasteiger charge is -2.35. The molecule has 1 aromatic heterocycles. The molecule has 1 aliphatic rings. The van der Waals surface area contributed by atoms with Crippen molar-refractivity contribution < 1.29 is 22.4 Å². The van der Waals surface area contributed by atoms with Gasteiger partial charge in [0.05, 0.1) is 17.6 Å². The number of benzene rings is 3. The zero-order valence-corrected chi connectivity index (χ0v) is 25.5. The number of hydrogen-bond acceptors (Lipinski definition) is 7. The molecule has 5 rings (SSSR count). The maximum atomic E-state index is 13.2. The van der Waals surface area contributed by atoms with Crippen LogP contribution in [0.2, 0.25) is 0 Å². The third-order valence-corrected chi connectivity index (χ3v) is 9.32. The molecule has 42 heavy (non-hydrogen) atoms. The molecule has 0 radical (unpaired) electrons. The highest BCUT2D eigenvalue weighted by Gasteiger charge is 2.39. The molecule has 0 aliphatic carbocycles. The van der Waals surface area contributed by atoms with Crippen molar-refractivity contribution in [2.75, 3.05) is 16.8 Å². The summed E-state index contributed by atoms with van der Waals surface area (Å²) in [6.45, 7) is 6.96. The number of halogens is 2. The van der Waals surface area contributed by atoms with E-state index in [0.717, 1.165) is 22.4 Å². The van der Waals surface area contributed by atoms with Gasteiger partial charge in [0, 0.05) is 35.8 Å². The third kappa shape index (κ3) is 7.98. The van der Waals surface area contributed by atoms with E-state index in [9.17, 15) is 17.9 Å². The van der Waals surface area contributed by atoms with Crippen molar-refractivity contribution in [1.82, 2.24) is 10.5 Å². The van der Waals surface area contributed by atoms with Crippen LogP contribution in [-0.4, -0.2) is 42.3 Å². The van der Waals surface area contributed by atoms with Gasteiger partial charge in [-0.3, -0.25) is 0 Å². The van der Waals surface area contributed by atoms with E-state index >= 15 is 0 Å². The number of sulfone groups is 1. The van der Waals surface area contributed by atoms with Crippen LogP contribution in [0.5, 0.6) is 0 Å². The van der Waals surface area contributed by atoms with E-state index in [2.05, 4.69) is 48.7 Å². The van der Waals surface area contributed by atoms with E-state index in [1.807, 2.05) is 36.4 Å². The summed E-state index contributed by atoms with van der Waals surface area (Å²) in [6, 6.07) is 23.0. The van der Waals surface area contributed by atoms with Crippen LogP contribution in [0.3, 0.4) is 0 Å². The Balaban J connectivity index is 0.00000405. The Bertz CT molecular complexity index is 1590. The van der Waals surface area contributed by atoms with Crippen molar-refractivity contribution in [3.63, 3.8) is 0 Å². The van der Waals surface area contributed by atoms with Gasteiger partial charge in [-0.15, -0.1) is 12.4 Å². The van der Waals surface area contributed by atoms with Crippen LogP contribution in [0.25, 0.3) is 11.3 Å². The number of aliphatic hydroxyl groups is 1. The van der Waals surface area contributed by atoms with Crippen LogP contribution in [-0.2, 0) is 28.2 Å². The average Bonchev–Trinajstić information content (AvgIpc) is 3.39. The van der Waals surface area contributed by atoms with Crippen molar-refractivity contribution in [3.8, 4) is 11.3 Å². The fraction of sp³-hybridized carbons (Fsp3) is 0.344. The Morgan fingerprint density at radius 3 is 2.38 bits per heavy atom. The molecule has 1 aliphatic heterocycles. The summed E-state index contributed by atoms with van der Waals surface area (Å²) in [6.07, 6.45) is -0.348. The van der Waals surface area contributed by atoms with E-state index in [4.69, 9.17) is 4.52 Å². The van der Waals surface area contributed by atoms with Gasteiger partial charge in [-0.05, 0) is 64.9 Å².